The van der Waals surface area contributed by atoms with Crippen LogP contribution in [0.1, 0.15) is 23.7 Å². The quantitative estimate of drug-likeness (QED) is 0.389. The van der Waals surface area contributed by atoms with E-state index in [1.807, 2.05) is 0 Å². The third-order valence-corrected chi connectivity index (χ3v) is 6.82. The molecular weight excluding hydrogens is 455 g/mol. The molecule has 0 aliphatic carbocycles. The zero-order valence-corrected chi connectivity index (χ0v) is 18.2. The first kappa shape index (κ1) is 22.3. The summed E-state index contributed by atoms with van der Waals surface area (Å²) < 4.78 is 29.8. The molecule has 2 aromatic heterocycles. The number of esters is 1. The summed E-state index contributed by atoms with van der Waals surface area (Å²) in [5, 5.41) is 7.14. The average molecular weight is 473 g/mol. The molecule has 1 amide bonds. The van der Waals surface area contributed by atoms with Crippen LogP contribution < -0.4 is 5.32 Å². The van der Waals surface area contributed by atoms with E-state index in [2.05, 4.69) is 15.4 Å². The number of carbonyl (C=O) groups is 2. The molecule has 0 aromatic carbocycles. The molecule has 12 heteroatoms. The number of pyridine rings is 1. The van der Waals surface area contributed by atoms with E-state index in [0.717, 1.165) is 6.08 Å². The van der Waals surface area contributed by atoms with Gasteiger partial charge in [-0.15, -0.1) is 0 Å². The minimum Gasteiger partial charge on any atom is -0.452 e. The number of sulfone groups is 1. The summed E-state index contributed by atoms with van der Waals surface area (Å²) in [6.07, 6.45) is 4.45. The third kappa shape index (κ3) is 5.38. The van der Waals surface area contributed by atoms with Gasteiger partial charge in [-0.2, -0.15) is 5.10 Å². The first-order chi connectivity index (χ1) is 14.2. The predicted octanol–water partition coefficient (Wildman–Crippen LogP) is 2.45. The number of amides is 1. The van der Waals surface area contributed by atoms with E-state index < -0.39 is 28.3 Å². The minimum atomic E-state index is -3.09. The number of hydrogen-bond acceptors (Lipinski definition) is 7. The normalized spacial score (nSPS) is 17.9. The van der Waals surface area contributed by atoms with Crippen molar-refractivity contribution in [3.8, 4) is 0 Å². The maximum Gasteiger partial charge on any atom is 0.331 e. The number of anilines is 1. The van der Waals surface area contributed by atoms with E-state index in [0.29, 0.717) is 23.4 Å². The lowest BCUT2D eigenvalue weighted by Gasteiger charge is -2.09. The number of rotatable bonds is 6. The van der Waals surface area contributed by atoms with Gasteiger partial charge < -0.3 is 10.1 Å². The highest BCUT2D eigenvalue weighted by atomic mass is 35.5. The Morgan fingerprint density at radius 3 is 2.83 bits per heavy atom. The van der Waals surface area contributed by atoms with Crippen molar-refractivity contribution < 1.29 is 22.7 Å². The first-order valence-corrected chi connectivity index (χ1v) is 11.4. The fourth-order valence-corrected chi connectivity index (χ4v) is 5.17. The van der Waals surface area contributed by atoms with Crippen molar-refractivity contribution in [3.05, 3.63) is 46.0 Å². The number of carbonyl (C=O) groups excluding carboxylic acids is 2. The summed E-state index contributed by atoms with van der Waals surface area (Å²) in [5.41, 5.74) is 1.32. The molecule has 0 spiro atoms. The van der Waals surface area contributed by atoms with Crippen molar-refractivity contribution >= 4 is 56.7 Å². The molecule has 3 rings (SSSR count). The lowest BCUT2D eigenvalue weighted by Crippen LogP contribution is -2.20. The van der Waals surface area contributed by atoms with Gasteiger partial charge in [-0.25, -0.2) is 22.9 Å². The van der Waals surface area contributed by atoms with Gasteiger partial charge in [0.1, 0.15) is 5.15 Å². The molecule has 0 radical (unpaired) electrons. The molecule has 30 heavy (non-hydrogen) atoms. The molecule has 1 aliphatic heterocycles. The molecule has 1 aliphatic rings. The van der Waals surface area contributed by atoms with E-state index in [-0.39, 0.29) is 27.9 Å². The Bertz CT molecular complexity index is 1110. The molecule has 1 atom stereocenters. The van der Waals surface area contributed by atoms with Crippen molar-refractivity contribution in [3.63, 3.8) is 0 Å². The van der Waals surface area contributed by atoms with Crippen molar-refractivity contribution in [1.82, 2.24) is 14.8 Å². The predicted molar refractivity (Wildman–Crippen MR) is 112 cm³/mol. The van der Waals surface area contributed by atoms with E-state index in [4.69, 9.17) is 27.9 Å². The largest absolute Gasteiger partial charge is 0.452 e. The van der Waals surface area contributed by atoms with Crippen LogP contribution in [-0.2, 0) is 24.2 Å². The topological polar surface area (TPSA) is 120 Å². The van der Waals surface area contributed by atoms with Gasteiger partial charge >= 0.3 is 5.97 Å². The second kappa shape index (κ2) is 9.15. The van der Waals surface area contributed by atoms with Gasteiger partial charge in [-0.3, -0.25) is 4.79 Å². The van der Waals surface area contributed by atoms with Gasteiger partial charge in [0, 0.05) is 17.8 Å². The van der Waals surface area contributed by atoms with Crippen LogP contribution in [0.4, 0.5) is 5.69 Å². The van der Waals surface area contributed by atoms with Crippen molar-refractivity contribution in [1.29, 1.82) is 0 Å². The number of halogens is 2. The van der Waals surface area contributed by atoms with Crippen molar-refractivity contribution in [2.24, 2.45) is 0 Å². The van der Waals surface area contributed by atoms with Gasteiger partial charge in [0.15, 0.2) is 21.6 Å². The van der Waals surface area contributed by atoms with Gasteiger partial charge in [-0.1, -0.05) is 23.2 Å². The molecular formula is C18H18Cl2N4O5S. The number of aromatic nitrogens is 3. The summed E-state index contributed by atoms with van der Waals surface area (Å²) in [7, 11) is -3.09. The maximum atomic E-state index is 11.9. The Kier molecular flexibility index (Phi) is 6.79. The summed E-state index contributed by atoms with van der Waals surface area (Å²) in [6, 6.07) is 2.83. The molecule has 160 valence electrons. The van der Waals surface area contributed by atoms with Gasteiger partial charge in [0.25, 0.3) is 5.91 Å². The summed E-state index contributed by atoms with van der Waals surface area (Å²) in [6.45, 7) is 1.18. The first-order valence-electron chi connectivity index (χ1n) is 8.86. The molecule has 1 fully saturated rings. The van der Waals surface area contributed by atoms with Crippen LogP contribution in [0.3, 0.4) is 0 Å². The SMILES string of the molecule is Cc1nn([C@H]2CCS(=O)(=O)C2)c(Cl)c1/C=C/C(=O)OCC(=O)Nc1cccnc1Cl. The zero-order chi connectivity index (χ0) is 21.9. The van der Waals surface area contributed by atoms with Crippen LogP contribution in [0.5, 0.6) is 0 Å². The molecule has 3 heterocycles. The van der Waals surface area contributed by atoms with E-state index in [1.165, 1.54) is 17.0 Å². The fourth-order valence-electron chi connectivity index (χ4n) is 2.93. The second-order valence-corrected chi connectivity index (χ2v) is 9.57. The molecule has 0 saturated carbocycles. The number of hydrogen-bond donors (Lipinski definition) is 1. The van der Waals surface area contributed by atoms with Crippen molar-refractivity contribution in [2.75, 3.05) is 23.4 Å². The number of aryl methyl sites for hydroxylation is 1. The van der Waals surface area contributed by atoms with Gasteiger partial charge in [0.2, 0.25) is 0 Å². The lowest BCUT2D eigenvalue weighted by molar-refractivity contribution is -0.142. The van der Waals surface area contributed by atoms with Crippen molar-refractivity contribution in [2.45, 2.75) is 19.4 Å². The highest BCUT2D eigenvalue weighted by molar-refractivity contribution is 7.91. The number of nitrogens with zero attached hydrogens (tertiary/aromatic N) is 3. The maximum absolute atomic E-state index is 11.9. The summed E-state index contributed by atoms with van der Waals surface area (Å²) >= 11 is 12.2. The highest BCUT2D eigenvalue weighted by Crippen LogP contribution is 2.30. The Morgan fingerprint density at radius 2 is 2.17 bits per heavy atom. The fraction of sp³-hybridized carbons (Fsp3) is 0.333. The highest BCUT2D eigenvalue weighted by Gasteiger charge is 2.31. The number of nitrogens with one attached hydrogen (secondary N) is 1. The Labute approximate surface area is 182 Å². The van der Waals surface area contributed by atoms with Crippen LogP contribution in [0.2, 0.25) is 10.3 Å². The van der Waals surface area contributed by atoms with Crippen LogP contribution in [-0.4, -0.2) is 53.2 Å². The third-order valence-electron chi connectivity index (χ3n) is 4.39. The Balaban J connectivity index is 1.58. The zero-order valence-electron chi connectivity index (χ0n) is 15.8. The Morgan fingerprint density at radius 1 is 1.40 bits per heavy atom. The van der Waals surface area contributed by atoms with E-state index in [1.54, 1.807) is 19.1 Å². The molecule has 1 N–H and O–H groups in total. The van der Waals surface area contributed by atoms with Crippen LogP contribution >= 0.6 is 23.2 Å². The molecule has 9 nitrogen and oxygen atoms in total. The Hall–Kier alpha value is -2.43. The minimum absolute atomic E-state index is 0.0188. The van der Waals surface area contributed by atoms with Gasteiger partial charge in [0.05, 0.1) is 28.9 Å². The molecule has 0 unspecified atom stereocenters. The van der Waals surface area contributed by atoms with Crippen LogP contribution in [0, 0.1) is 6.92 Å². The molecule has 0 bridgehead atoms. The second-order valence-electron chi connectivity index (χ2n) is 6.62. The number of ether oxygens (including phenoxy) is 1. The van der Waals surface area contributed by atoms with Crippen LogP contribution in [0.15, 0.2) is 24.4 Å². The molecule has 1 saturated heterocycles. The van der Waals surface area contributed by atoms with E-state index in [9.17, 15) is 18.0 Å². The summed E-state index contributed by atoms with van der Waals surface area (Å²) in [4.78, 5) is 27.6. The van der Waals surface area contributed by atoms with Crippen LogP contribution in [0.25, 0.3) is 6.08 Å². The molecule has 2 aromatic rings. The summed E-state index contributed by atoms with van der Waals surface area (Å²) in [5.74, 6) is -1.25. The lowest BCUT2D eigenvalue weighted by atomic mass is 10.2. The van der Waals surface area contributed by atoms with E-state index >= 15 is 0 Å². The van der Waals surface area contributed by atoms with Gasteiger partial charge in [-0.05, 0) is 31.6 Å². The standard InChI is InChI=1S/C18H18Cl2N4O5S/c1-11-13(18(20)24(23-11)12-6-8-30(27,28)10-12)4-5-16(26)29-9-15(25)22-14-3-2-7-21-17(14)19/h2-5,7,12H,6,8-10H2,1H3,(H,22,25)/b5-4+/t12-/m0/s1. The average Bonchev–Trinajstić information content (AvgIpc) is 3.18. The smallest absolute Gasteiger partial charge is 0.331 e. The monoisotopic (exact) mass is 472 g/mol.